The first-order chi connectivity index (χ1) is 31.8. The Morgan fingerprint density at radius 2 is 0.781 bits per heavy atom. The fourth-order valence-electron chi connectivity index (χ4n) is 10.8. The number of fused-ring (bicyclic) bond motifs is 15. The van der Waals surface area contributed by atoms with Crippen LogP contribution in [0.1, 0.15) is 0 Å². The number of benzene rings is 11. The van der Waals surface area contributed by atoms with Gasteiger partial charge in [-0.1, -0.05) is 146 Å². The lowest BCUT2D eigenvalue weighted by atomic mass is 9.94. The van der Waals surface area contributed by atoms with Gasteiger partial charge in [0.25, 0.3) is 0 Å². The minimum atomic E-state index is 0.859. The van der Waals surface area contributed by atoms with Crippen LogP contribution in [-0.2, 0) is 0 Å². The minimum Gasteiger partial charge on any atom is -0.456 e. The van der Waals surface area contributed by atoms with Gasteiger partial charge < -0.3 is 18.5 Å². The number of furan rings is 1. The molecule has 0 aliphatic carbocycles. The van der Waals surface area contributed by atoms with Crippen LogP contribution in [-0.4, -0.2) is 9.13 Å². The van der Waals surface area contributed by atoms with Crippen LogP contribution in [0.4, 0.5) is 17.1 Å². The molecule has 0 atom stereocenters. The van der Waals surface area contributed by atoms with Crippen LogP contribution in [0.15, 0.2) is 229 Å². The molecule has 0 N–H and O–H groups in total. The molecular weight excluding hydrogens is 779 g/mol. The van der Waals surface area contributed by atoms with Gasteiger partial charge in [0.1, 0.15) is 11.2 Å². The highest BCUT2D eigenvalue weighted by Crippen LogP contribution is 2.49. The van der Waals surface area contributed by atoms with Crippen LogP contribution in [0, 0.1) is 0 Å². The Balaban J connectivity index is 1.08. The van der Waals surface area contributed by atoms with E-state index in [4.69, 9.17) is 4.42 Å². The molecule has 14 aromatic rings. The van der Waals surface area contributed by atoms with Gasteiger partial charge in [0.15, 0.2) is 0 Å². The molecule has 0 aliphatic rings. The van der Waals surface area contributed by atoms with Gasteiger partial charge in [-0.15, -0.1) is 0 Å². The van der Waals surface area contributed by atoms with E-state index in [0.29, 0.717) is 0 Å². The molecule has 0 saturated carbocycles. The van der Waals surface area contributed by atoms with Gasteiger partial charge in [-0.3, -0.25) is 0 Å². The first-order valence-corrected chi connectivity index (χ1v) is 21.9. The average Bonchev–Trinajstić information content (AvgIpc) is 4.03. The van der Waals surface area contributed by atoms with E-state index in [1.54, 1.807) is 0 Å². The summed E-state index contributed by atoms with van der Waals surface area (Å²) in [6.07, 6.45) is 0. The number of hydrogen-bond acceptors (Lipinski definition) is 2. The quantitative estimate of drug-likeness (QED) is 0.162. The van der Waals surface area contributed by atoms with Crippen LogP contribution >= 0.6 is 0 Å². The summed E-state index contributed by atoms with van der Waals surface area (Å²) < 4.78 is 11.4. The van der Waals surface area contributed by atoms with Crippen molar-refractivity contribution in [1.29, 1.82) is 0 Å². The van der Waals surface area contributed by atoms with Crippen molar-refractivity contribution in [2.24, 2.45) is 0 Å². The van der Waals surface area contributed by atoms with Gasteiger partial charge in [-0.25, -0.2) is 0 Å². The molecule has 0 bridgehead atoms. The zero-order chi connectivity index (χ0) is 41.9. The van der Waals surface area contributed by atoms with Crippen LogP contribution in [0.2, 0.25) is 0 Å². The molecule has 64 heavy (non-hydrogen) atoms. The Bertz CT molecular complexity index is 4170. The topological polar surface area (TPSA) is 26.2 Å². The monoisotopic (exact) mass is 815 g/mol. The van der Waals surface area contributed by atoms with Gasteiger partial charge in [0, 0.05) is 44.0 Å². The summed E-state index contributed by atoms with van der Waals surface area (Å²) in [7, 11) is 0. The van der Waals surface area contributed by atoms with Crippen LogP contribution in [0.5, 0.6) is 0 Å². The number of anilines is 3. The second kappa shape index (κ2) is 13.4. The highest BCUT2D eigenvalue weighted by molar-refractivity contribution is 6.26. The fraction of sp³-hybridized carbons (Fsp3) is 0. The average molecular weight is 816 g/mol. The van der Waals surface area contributed by atoms with Gasteiger partial charge in [0.2, 0.25) is 0 Å². The first-order valence-electron chi connectivity index (χ1n) is 21.9. The van der Waals surface area contributed by atoms with Gasteiger partial charge >= 0.3 is 0 Å². The Morgan fingerprint density at radius 3 is 1.53 bits per heavy atom. The molecule has 0 aliphatic heterocycles. The summed E-state index contributed by atoms with van der Waals surface area (Å²) in [6, 6.07) is 81.6. The van der Waals surface area contributed by atoms with E-state index in [1.165, 1.54) is 64.9 Å². The van der Waals surface area contributed by atoms with Crippen molar-refractivity contribution in [3.8, 4) is 11.4 Å². The Kier molecular flexibility index (Phi) is 7.36. The molecule has 14 rings (SSSR count). The summed E-state index contributed by atoms with van der Waals surface area (Å²) >= 11 is 0. The number of nitrogens with zero attached hydrogens (tertiary/aromatic N) is 3. The zero-order valence-electron chi connectivity index (χ0n) is 34.6. The molecule has 0 unspecified atom stereocenters. The summed E-state index contributed by atoms with van der Waals surface area (Å²) in [5.41, 5.74) is 11.8. The molecule has 298 valence electrons. The SMILES string of the molecule is c1ccc(-n2c3ccccc3c3ccc(-n4c5ccccc5c5c(N(c6ccc7c8ccccc8c8ccccc8c7c6)c6cccc7oc8ccccc8c67)cccc54)cc32)cc1. The van der Waals surface area contributed by atoms with Crippen molar-refractivity contribution >= 4 is 115 Å². The highest BCUT2D eigenvalue weighted by Gasteiger charge is 2.25. The molecule has 0 amide bonds. The predicted octanol–water partition coefficient (Wildman–Crippen LogP) is 16.7. The van der Waals surface area contributed by atoms with Crippen molar-refractivity contribution in [1.82, 2.24) is 9.13 Å². The smallest absolute Gasteiger partial charge is 0.137 e. The lowest BCUT2D eigenvalue weighted by Gasteiger charge is -2.28. The van der Waals surface area contributed by atoms with E-state index in [1.807, 2.05) is 6.07 Å². The lowest BCUT2D eigenvalue weighted by Crippen LogP contribution is -2.11. The van der Waals surface area contributed by atoms with E-state index in [2.05, 4.69) is 232 Å². The van der Waals surface area contributed by atoms with Crippen LogP contribution in [0.25, 0.3) is 109 Å². The summed E-state index contributed by atoms with van der Waals surface area (Å²) in [4.78, 5) is 2.48. The molecule has 0 fully saturated rings. The fourth-order valence-corrected chi connectivity index (χ4v) is 10.8. The number of para-hydroxylation sites is 4. The third kappa shape index (κ3) is 4.93. The Hall–Kier alpha value is -8.60. The van der Waals surface area contributed by atoms with Crippen LogP contribution in [0.3, 0.4) is 0 Å². The Labute approximate surface area is 367 Å². The zero-order valence-corrected chi connectivity index (χ0v) is 34.6. The van der Waals surface area contributed by atoms with E-state index in [-0.39, 0.29) is 0 Å². The van der Waals surface area contributed by atoms with E-state index in [9.17, 15) is 0 Å². The maximum atomic E-state index is 6.58. The molecule has 11 aromatic carbocycles. The van der Waals surface area contributed by atoms with E-state index in [0.717, 1.165) is 61.4 Å². The van der Waals surface area contributed by atoms with E-state index < -0.39 is 0 Å². The standard InChI is InChI=1S/C60H37N3O/c1-2-16-38(17-3-1)61-51-25-11-8-22-46(51)47-35-33-40(37-56(47)61)62-52-26-12-9-23-48(52)59-53(62)27-14-28-54(59)63(55-29-15-31-58-60(55)49-24-10-13-30-57(49)64-58)39-32-34-45-43-20-5-4-18-41(43)42-19-6-7-21-44(42)50(45)36-39/h1-37H. The maximum Gasteiger partial charge on any atom is 0.137 e. The number of aromatic nitrogens is 2. The summed E-state index contributed by atoms with van der Waals surface area (Å²) in [5, 5.41) is 14.5. The van der Waals surface area contributed by atoms with Gasteiger partial charge in [0.05, 0.1) is 38.8 Å². The van der Waals surface area contributed by atoms with Gasteiger partial charge in [-0.05, 0) is 111 Å². The second-order valence-corrected chi connectivity index (χ2v) is 16.8. The maximum absolute atomic E-state index is 6.58. The molecule has 3 aromatic heterocycles. The largest absolute Gasteiger partial charge is 0.456 e. The third-order valence-corrected chi connectivity index (χ3v) is 13.5. The number of rotatable bonds is 5. The summed E-state index contributed by atoms with van der Waals surface area (Å²) in [5.74, 6) is 0. The molecule has 0 saturated heterocycles. The molecule has 0 spiro atoms. The molecule has 4 heteroatoms. The van der Waals surface area contributed by atoms with Crippen molar-refractivity contribution in [3.05, 3.63) is 224 Å². The Morgan fingerprint density at radius 1 is 0.281 bits per heavy atom. The summed E-state index contributed by atoms with van der Waals surface area (Å²) in [6.45, 7) is 0. The highest BCUT2D eigenvalue weighted by atomic mass is 16.3. The second-order valence-electron chi connectivity index (χ2n) is 16.8. The predicted molar refractivity (Wildman–Crippen MR) is 270 cm³/mol. The third-order valence-electron chi connectivity index (χ3n) is 13.5. The van der Waals surface area contributed by atoms with Crippen molar-refractivity contribution in [2.75, 3.05) is 4.90 Å². The first kappa shape index (κ1) is 35.0. The molecular formula is C60H37N3O. The number of hydrogen-bond donors (Lipinski definition) is 0. The van der Waals surface area contributed by atoms with Crippen molar-refractivity contribution in [2.45, 2.75) is 0 Å². The molecule has 0 radical (unpaired) electrons. The molecule has 4 nitrogen and oxygen atoms in total. The minimum absolute atomic E-state index is 0.859. The van der Waals surface area contributed by atoms with E-state index >= 15 is 0 Å². The van der Waals surface area contributed by atoms with Crippen LogP contribution < -0.4 is 4.90 Å². The van der Waals surface area contributed by atoms with Gasteiger partial charge in [-0.2, -0.15) is 0 Å². The van der Waals surface area contributed by atoms with Crippen molar-refractivity contribution in [3.63, 3.8) is 0 Å². The normalized spacial score (nSPS) is 12.1. The molecule has 3 heterocycles. The lowest BCUT2D eigenvalue weighted by molar-refractivity contribution is 0.669. The van der Waals surface area contributed by atoms with Crippen molar-refractivity contribution < 1.29 is 4.42 Å².